The highest BCUT2D eigenvalue weighted by atomic mass is 32.2. The van der Waals surface area contributed by atoms with Crippen molar-refractivity contribution in [2.45, 2.75) is 16.2 Å². The number of hydrogen-bond acceptors (Lipinski definition) is 10. The van der Waals surface area contributed by atoms with E-state index in [0.717, 1.165) is 16.3 Å². The van der Waals surface area contributed by atoms with Gasteiger partial charge in [-0.3, -0.25) is 10.1 Å². The molecular weight excluding hydrogens is 426 g/mol. The Kier molecular flexibility index (Phi) is 6.09. The monoisotopic (exact) mass is 441 g/mol. The maximum atomic E-state index is 12.3. The van der Waals surface area contributed by atoms with Crippen LogP contribution in [0.1, 0.15) is 17.4 Å². The molecule has 3 aromatic rings. The summed E-state index contributed by atoms with van der Waals surface area (Å²) in [5.74, 6) is 0.519. The Bertz CT molecular complexity index is 1040. The molecule has 0 bridgehead atoms. The highest BCUT2D eigenvalue weighted by Gasteiger charge is 2.14. The second-order valence-corrected chi connectivity index (χ2v) is 10.6. The van der Waals surface area contributed by atoms with Crippen LogP contribution in [0.25, 0.3) is 0 Å². The van der Waals surface area contributed by atoms with Gasteiger partial charge in [-0.25, -0.2) is 13.4 Å². The average Bonchev–Trinajstić information content (AvgIpc) is 3.25. The molecule has 12 heteroatoms. The number of thioether (sulfide) groups is 1. The number of hydrogen-bond donors (Lipinski definition) is 2. The van der Waals surface area contributed by atoms with Crippen LogP contribution >= 0.6 is 34.4 Å². The number of carbonyl (C=O) groups excluding carboxylic acids is 1. The van der Waals surface area contributed by atoms with Gasteiger partial charge in [0.2, 0.25) is 5.13 Å². The molecule has 2 aromatic heterocycles. The van der Waals surface area contributed by atoms with Crippen molar-refractivity contribution in [3.63, 3.8) is 0 Å². The Balaban J connectivity index is 1.64. The van der Waals surface area contributed by atoms with E-state index in [-0.39, 0.29) is 16.5 Å². The Hall–Kier alpha value is -2.02. The van der Waals surface area contributed by atoms with Crippen LogP contribution in [0.4, 0.5) is 16.0 Å². The summed E-state index contributed by atoms with van der Waals surface area (Å²) in [6.07, 6.45) is 1.16. The molecule has 1 amide bonds. The highest BCUT2D eigenvalue weighted by Crippen LogP contribution is 2.26. The molecule has 8 nitrogen and oxygen atoms in total. The summed E-state index contributed by atoms with van der Waals surface area (Å²) in [5, 5.41) is 16.2. The minimum atomic E-state index is -3.24. The van der Waals surface area contributed by atoms with Crippen molar-refractivity contribution in [1.29, 1.82) is 0 Å². The van der Waals surface area contributed by atoms with Crippen molar-refractivity contribution in [3.05, 3.63) is 35.3 Å². The molecule has 2 heterocycles. The molecule has 0 radical (unpaired) electrons. The van der Waals surface area contributed by atoms with Crippen molar-refractivity contribution in [2.24, 2.45) is 0 Å². The zero-order chi connectivity index (χ0) is 19.4. The Labute approximate surface area is 168 Å². The average molecular weight is 442 g/mol. The van der Waals surface area contributed by atoms with Crippen LogP contribution in [0.15, 0.2) is 38.9 Å². The molecule has 2 N–H and O–H groups in total. The first-order valence-corrected chi connectivity index (χ1v) is 12.2. The summed E-state index contributed by atoms with van der Waals surface area (Å²) in [4.78, 5) is 16.8. The summed E-state index contributed by atoms with van der Waals surface area (Å²) in [6.45, 7) is 2.02. The van der Waals surface area contributed by atoms with Gasteiger partial charge in [-0.2, -0.15) is 0 Å². The molecule has 0 saturated carbocycles. The second kappa shape index (κ2) is 8.33. The third-order valence-electron chi connectivity index (χ3n) is 3.17. The van der Waals surface area contributed by atoms with Gasteiger partial charge in [-0.15, -0.1) is 21.5 Å². The van der Waals surface area contributed by atoms with Crippen LogP contribution in [0, 0.1) is 0 Å². The third kappa shape index (κ3) is 5.25. The lowest BCUT2D eigenvalue weighted by molar-refractivity contribution is 0.102. The van der Waals surface area contributed by atoms with E-state index in [1.54, 1.807) is 29.3 Å². The van der Waals surface area contributed by atoms with Crippen molar-refractivity contribution in [1.82, 2.24) is 15.2 Å². The molecule has 0 saturated heterocycles. The van der Waals surface area contributed by atoms with Gasteiger partial charge in [0.25, 0.3) is 5.91 Å². The summed E-state index contributed by atoms with van der Waals surface area (Å²) in [7, 11) is -3.24. The fourth-order valence-corrected chi connectivity index (χ4v) is 4.93. The largest absolute Gasteiger partial charge is 0.332 e. The summed E-state index contributed by atoms with van der Waals surface area (Å²) >= 11 is 4.14. The van der Waals surface area contributed by atoms with Crippen molar-refractivity contribution in [3.8, 4) is 0 Å². The lowest BCUT2D eigenvalue weighted by Gasteiger charge is -2.03. The molecular formula is C15H15N5O3S4. The standard InChI is InChI=1S/C15H15N5O3S4/c1-3-24-15-20-19-14(26-15)18-12(21)11-8-25-13(17-11)16-9-4-6-10(7-5-9)27(2,22)23/h4-8H,3H2,1-2H3,(H,16,17)(H,18,19,21). The SMILES string of the molecule is CCSc1nnc(NC(=O)c2csc(Nc3ccc(S(C)(=O)=O)cc3)n2)s1. The number of benzene rings is 1. The number of nitrogens with one attached hydrogen (secondary N) is 2. The summed E-state index contributed by atoms with van der Waals surface area (Å²) < 4.78 is 23.8. The number of sulfone groups is 1. The molecule has 1 aromatic carbocycles. The minimum Gasteiger partial charge on any atom is -0.332 e. The zero-order valence-electron chi connectivity index (χ0n) is 14.3. The molecule has 0 aliphatic carbocycles. The van der Waals surface area contributed by atoms with Gasteiger partial charge in [0.1, 0.15) is 5.69 Å². The van der Waals surface area contributed by atoms with Gasteiger partial charge in [0.05, 0.1) is 4.90 Å². The predicted octanol–water partition coefficient (Wildman–Crippen LogP) is 3.51. The molecule has 0 unspecified atom stereocenters. The minimum absolute atomic E-state index is 0.241. The molecule has 0 aliphatic heterocycles. The van der Waals surface area contributed by atoms with Gasteiger partial charge in [-0.1, -0.05) is 30.0 Å². The number of amides is 1. The first-order valence-electron chi connectivity index (χ1n) is 7.65. The number of thiazole rings is 1. The van der Waals surface area contributed by atoms with E-state index in [2.05, 4.69) is 25.8 Å². The predicted molar refractivity (Wildman–Crippen MR) is 109 cm³/mol. The van der Waals surface area contributed by atoms with Crippen LogP contribution in [-0.4, -0.2) is 41.5 Å². The maximum Gasteiger partial charge on any atom is 0.277 e. The Morgan fingerprint density at radius 3 is 2.59 bits per heavy atom. The van der Waals surface area contributed by atoms with Crippen LogP contribution in [0.3, 0.4) is 0 Å². The Morgan fingerprint density at radius 2 is 1.93 bits per heavy atom. The smallest absolute Gasteiger partial charge is 0.277 e. The second-order valence-electron chi connectivity index (χ2n) is 5.22. The number of nitrogens with zero attached hydrogens (tertiary/aromatic N) is 3. The van der Waals surface area contributed by atoms with Crippen molar-refractivity contribution in [2.75, 3.05) is 22.6 Å². The molecule has 27 heavy (non-hydrogen) atoms. The highest BCUT2D eigenvalue weighted by molar-refractivity contribution is 8.01. The Morgan fingerprint density at radius 1 is 1.19 bits per heavy atom. The molecule has 0 aliphatic rings. The van der Waals surface area contributed by atoms with Crippen molar-refractivity contribution < 1.29 is 13.2 Å². The first kappa shape index (κ1) is 19.7. The van der Waals surface area contributed by atoms with E-state index in [1.807, 2.05) is 6.92 Å². The van der Waals surface area contributed by atoms with Crippen LogP contribution in [0.2, 0.25) is 0 Å². The normalized spacial score (nSPS) is 11.3. The fraction of sp³-hybridized carbons (Fsp3) is 0.200. The molecule has 3 rings (SSSR count). The molecule has 0 fully saturated rings. The number of aromatic nitrogens is 3. The first-order chi connectivity index (χ1) is 12.8. The maximum absolute atomic E-state index is 12.3. The summed E-state index contributed by atoms with van der Waals surface area (Å²) in [5.41, 5.74) is 0.934. The van der Waals surface area contributed by atoms with E-state index in [1.165, 1.54) is 34.8 Å². The quantitative estimate of drug-likeness (QED) is 0.423. The van der Waals surface area contributed by atoms with Gasteiger partial charge in [0.15, 0.2) is 19.3 Å². The lowest BCUT2D eigenvalue weighted by Crippen LogP contribution is -2.12. The van der Waals surface area contributed by atoms with Gasteiger partial charge < -0.3 is 5.32 Å². The summed E-state index contributed by atoms with van der Waals surface area (Å²) in [6, 6.07) is 6.32. The van der Waals surface area contributed by atoms with Gasteiger partial charge in [-0.05, 0) is 30.0 Å². The van der Waals surface area contributed by atoms with Gasteiger partial charge >= 0.3 is 0 Å². The molecule has 0 atom stereocenters. The van der Waals surface area contributed by atoms with Crippen LogP contribution in [0.5, 0.6) is 0 Å². The van der Waals surface area contributed by atoms with E-state index in [4.69, 9.17) is 0 Å². The number of anilines is 3. The molecule has 142 valence electrons. The van der Waals surface area contributed by atoms with E-state index in [9.17, 15) is 13.2 Å². The van der Waals surface area contributed by atoms with E-state index in [0.29, 0.717) is 16.0 Å². The van der Waals surface area contributed by atoms with Crippen LogP contribution in [-0.2, 0) is 9.84 Å². The topological polar surface area (TPSA) is 114 Å². The lowest BCUT2D eigenvalue weighted by atomic mass is 10.3. The third-order valence-corrected chi connectivity index (χ3v) is 6.91. The number of rotatable bonds is 7. The number of carbonyl (C=O) groups is 1. The zero-order valence-corrected chi connectivity index (χ0v) is 17.6. The van der Waals surface area contributed by atoms with E-state index >= 15 is 0 Å². The fourth-order valence-electron chi connectivity index (χ4n) is 1.95. The van der Waals surface area contributed by atoms with Crippen molar-refractivity contribution >= 4 is 66.1 Å². The molecule has 0 spiro atoms. The van der Waals surface area contributed by atoms with Gasteiger partial charge in [0, 0.05) is 17.3 Å². The van der Waals surface area contributed by atoms with E-state index < -0.39 is 9.84 Å². The van der Waals surface area contributed by atoms with Crippen LogP contribution < -0.4 is 10.6 Å².